The molecule has 86 valence electrons. The van der Waals surface area contributed by atoms with Gasteiger partial charge in [0.05, 0.1) is 29.4 Å². The van der Waals surface area contributed by atoms with Crippen molar-refractivity contribution in [1.29, 1.82) is 0 Å². The normalized spacial score (nSPS) is 11.1. The van der Waals surface area contributed by atoms with Gasteiger partial charge >= 0.3 is 0 Å². The molecule has 0 saturated carbocycles. The third-order valence-corrected chi connectivity index (χ3v) is 2.02. The maximum atomic E-state index is 10.9. The van der Waals surface area contributed by atoms with Gasteiger partial charge in [0.2, 0.25) is 0 Å². The fourth-order valence-electron chi connectivity index (χ4n) is 1.28. The Kier molecular flexibility index (Phi) is 3.82. The average molecular weight is 224 g/mol. The van der Waals surface area contributed by atoms with Gasteiger partial charge in [-0.2, -0.15) is 0 Å². The SMILES string of the molecule is CO/N=C(/C)c1ccc(OC)cc1[N+](=O)[O-]. The van der Waals surface area contributed by atoms with Crippen molar-refractivity contribution in [2.45, 2.75) is 6.92 Å². The molecule has 0 fully saturated rings. The molecule has 0 unspecified atom stereocenters. The number of rotatable bonds is 4. The molecule has 0 N–H and O–H groups in total. The summed E-state index contributed by atoms with van der Waals surface area (Å²) < 4.78 is 4.92. The first-order valence-electron chi connectivity index (χ1n) is 4.50. The first-order chi connectivity index (χ1) is 7.60. The molecule has 0 spiro atoms. The van der Waals surface area contributed by atoms with E-state index in [-0.39, 0.29) is 5.69 Å². The quantitative estimate of drug-likeness (QED) is 0.445. The highest BCUT2D eigenvalue weighted by Gasteiger charge is 2.17. The number of benzene rings is 1. The summed E-state index contributed by atoms with van der Waals surface area (Å²) in [5.41, 5.74) is 0.794. The fourth-order valence-corrected chi connectivity index (χ4v) is 1.28. The summed E-state index contributed by atoms with van der Waals surface area (Å²) in [7, 11) is 2.84. The number of nitro groups is 1. The van der Waals surface area contributed by atoms with E-state index in [4.69, 9.17) is 4.74 Å². The number of nitrogens with zero attached hydrogens (tertiary/aromatic N) is 2. The summed E-state index contributed by atoms with van der Waals surface area (Å²) in [5, 5.41) is 14.5. The summed E-state index contributed by atoms with van der Waals surface area (Å²) in [4.78, 5) is 15.0. The number of hydrogen-bond donors (Lipinski definition) is 0. The molecule has 0 saturated heterocycles. The molecule has 0 radical (unpaired) electrons. The van der Waals surface area contributed by atoms with Crippen LogP contribution in [0.2, 0.25) is 0 Å². The summed E-state index contributed by atoms with van der Waals surface area (Å²) >= 11 is 0. The molecule has 6 nitrogen and oxygen atoms in total. The standard InChI is InChI=1S/C10H12N2O4/c1-7(11-16-3)9-5-4-8(15-2)6-10(9)12(13)14/h4-6H,1-3H3/b11-7-. The van der Waals surface area contributed by atoms with Crippen molar-refractivity contribution in [2.24, 2.45) is 5.16 Å². The molecule has 0 aliphatic heterocycles. The number of ether oxygens (including phenoxy) is 1. The summed E-state index contributed by atoms with van der Waals surface area (Å²) in [6.07, 6.45) is 0. The summed E-state index contributed by atoms with van der Waals surface area (Å²) in [5.74, 6) is 0.431. The molecule has 0 bridgehead atoms. The minimum absolute atomic E-state index is 0.0577. The van der Waals surface area contributed by atoms with Crippen LogP contribution in [0.1, 0.15) is 12.5 Å². The van der Waals surface area contributed by atoms with Crippen molar-refractivity contribution in [2.75, 3.05) is 14.2 Å². The van der Waals surface area contributed by atoms with Crippen LogP contribution in [0.15, 0.2) is 23.4 Å². The lowest BCUT2D eigenvalue weighted by molar-refractivity contribution is -0.385. The second kappa shape index (κ2) is 5.11. The van der Waals surface area contributed by atoms with Crippen LogP contribution in [-0.2, 0) is 4.84 Å². The van der Waals surface area contributed by atoms with Gasteiger partial charge < -0.3 is 9.57 Å². The molecule has 0 aliphatic rings. The van der Waals surface area contributed by atoms with Crippen LogP contribution in [0.25, 0.3) is 0 Å². The molecule has 1 aromatic rings. The summed E-state index contributed by atoms with van der Waals surface area (Å²) in [6, 6.07) is 4.57. The largest absolute Gasteiger partial charge is 0.497 e. The Hall–Kier alpha value is -2.11. The van der Waals surface area contributed by atoms with Gasteiger partial charge in [-0.3, -0.25) is 10.1 Å². The Morgan fingerprint density at radius 3 is 2.62 bits per heavy atom. The van der Waals surface area contributed by atoms with Crippen LogP contribution in [0.5, 0.6) is 5.75 Å². The van der Waals surface area contributed by atoms with E-state index in [0.717, 1.165) is 0 Å². The second-order valence-corrected chi connectivity index (χ2v) is 3.00. The van der Waals surface area contributed by atoms with Crippen molar-refractivity contribution < 1.29 is 14.5 Å². The number of oxime groups is 1. The van der Waals surface area contributed by atoms with Crippen LogP contribution < -0.4 is 4.74 Å². The molecular weight excluding hydrogens is 212 g/mol. The highest BCUT2D eigenvalue weighted by molar-refractivity contribution is 6.02. The zero-order valence-corrected chi connectivity index (χ0v) is 9.26. The monoisotopic (exact) mass is 224 g/mol. The zero-order valence-electron chi connectivity index (χ0n) is 9.26. The van der Waals surface area contributed by atoms with E-state index in [1.54, 1.807) is 19.1 Å². The van der Waals surface area contributed by atoms with Gasteiger partial charge in [-0.25, -0.2) is 0 Å². The predicted octanol–water partition coefficient (Wildman–Crippen LogP) is 1.97. The molecule has 0 aromatic heterocycles. The highest BCUT2D eigenvalue weighted by atomic mass is 16.6. The molecule has 16 heavy (non-hydrogen) atoms. The van der Waals surface area contributed by atoms with Crippen LogP contribution in [0.3, 0.4) is 0 Å². The first kappa shape index (κ1) is 12.0. The minimum Gasteiger partial charge on any atom is -0.497 e. The van der Waals surface area contributed by atoms with E-state index in [9.17, 15) is 10.1 Å². The van der Waals surface area contributed by atoms with Gasteiger partial charge in [0, 0.05) is 0 Å². The Bertz CT molecular complexity index is 429. The summed E-state index contributed by atoms with van der Waals surface area (Å²) in [6.45, 7) is 1.64. The molecule has 0 atom stereocenters. The molecule has 0 heterocycles. The Morgan fingerprint density at radius 1 is 1.44 bits per heavy atom. The van der Waals surface area contributed by atoms with E-state index >= 15 is 0 Å². The third kappa shape index (κ3) is 2.47. The average Bonchev–Trinajstić information content (AvgIpc) is 2.28. The van der Waals surface area contributed by atoms with Crippen molar-refractivity contribution in [3.05, 3.63) is 33.9 Å². The topological polar surface area (TPSA) is 74.0 Å². The molecule has 0 amide bonds. The highest BCUT2D eigenvalue weighted by Crippen LogP contribution is 2.25. The molecule has 1 aromatic carbocycles. The van der Waals surface area contributed by atoms with Gasteiger partial charge in [0.25, 0.3) is 5.69 Å². The first-order valence-corrected chi connectivity index (χ1v) is 4.50. The van der Waals surface area contributed by atoms with Crippen LogP contribution in [0, 0.1) is 10.1 Å². The Labute approximate surface area is 92.6 Å². The zero-order chi connectivity index (χ0) is 12.1. The predicted molar refractivity (Wildman–Crippen MR) is 58.9 cm³/mol. The molecule has 6 heteroatoms. The van der Waals surface area contributed by atoms with Crippen molar-refractivity contribution >= 4 is 11.4 Å². The number of methoxy groups -OCH3 is 1. The van der Waals surface area contributed by atoms with Gasteiger partial charge in [-0.15, -0.1) is 0 Å². The smallest absolute Gasteiger partial charge is 0.282 e. The van der Waals surface area contributed by atoms with Crippen LogP contribution >= 0.6 is 0 Å². The van der Waals surface area contributed by atoms with Crippen LogP contribution in [-0.4, -0.2) is 24.9 Å². The lowest BCUT2D eigenvalue weighted by Crippen LogP contribution is -2.02. The molecular formula is C10H12N2O4. The van der Waals surface area contributed by atoms with Crippen molar-refractivity contribution in [3.8, 4) is 5.75 Å². The molecule has 0 aliphatic carbocycles. The van der Waals surface area contributed by atoms with E-state index in [0.29, 0.717) is 17.0 Å². The fraction of sp³-hybridized carbons (Fsp3) is 0.300. The van der Waals surface area contributed by atoms with Gasteiger partial charge in [0.15, 0.2) is 0 Å². The van der Waals surface area contributed by atoms with E-state index in [1.807, 2.05) is 0 Å². The second-order valence-electron chi connectivity index (χ2n) is 3.00. The maximum absolute atomic E-state index is 10.9. The Balaban J connectivity index is 3.28. The lowest BCUT2D eigenvalue weighted by Gasteiger charge is -2.04. The van der Waals surface area contributed by atoms with E-state index in [1.165, 1.54) is 20.3 Å². The van der Waals surface area contributed by atoms with E-state index < -0.39 is 4.92 Å². The molecule has 1 rings (SSSR count). The Morgan fingerprint density at radius 2 is 2.12 bits per heavy atom. The van der Waals surface area contributed by atoms with Gasteiger partial charge in [-0.1, -0.05) is 5.16 Å². The lowest BCUT2D eigenvalue weighted by atomic mass is 10.1. The van der Waals surface area contributed by atoms with Crippen molar-refractivity contribution in [3.63, 3.8) is 0 Å². The maximum Gasteiger partial charge on any atom is 0.282 e. The number of hydrogen-bond acceptors (Lipinski definition) is 5. The number of nitro benzene ring substituents is 1. The van der Waals surface area contributed by atoms with E-state index in [2.05, 4.69) is 9.99 Å². The van der Waals surface area contributed by atoms with Gasteiger partial charge in [-0.05, 0) is 19.1 Å². The minimum atomic E-state index is -0.480. The van der Waals surface area contributed by atoms with Gasteiger partial charge in [0.1, 0.15) is 12.9 Å². The van der Waals surface area contributed by atoms with Crippen LogP contribution in [0.4, 0.5) is 5.69 Å². The third-order valence-electron chi connectivity index (χ3n) is 2.02. The van der Waals surface area contributed by atoms with Crippen molar-refractivity contribution in [1.82, 2.24) is 0 Å².